The van der Waals surface area contributed by atoms with Gasteiger partial charge in [-0.2, -0.15) is 0 Å². The Morgan fingerprint density at radius 3 is 2.56 bits per heavy atom. The van der Waals surface area contributed by atoms with Crippen molar-refractivity contribution < 1.29 is 9.59 Å². The summed E-state index contributed by atoms with van der Waals surface area (Å²) in [6, 6.07) is 9.15. The van der Waals surface area contributed by atoms with Gasteiger partial charge in [0, 0.05) is 29.7 Å². The topological polar surface area (TPSA) is 73.5 Å². The van der Waals surface area contributed by atoms with Gasteiger partial charge < -0.3 is 20.9 Å². The molecule has 1 unspecified atom stereocenters. The molecule has 0 bridgehead atoms. The number of hydrogen-bond acceptors (Lipinski definition) is 4. The van der Waals surface area contributed by atoms with E-state index in [0.717, 1.165) is 5.56 Å². The quantitative estimate of drug-likeness (QED) is 0.742. The molecule has 2 aromatic rings. The van der Waals surface area contributed by atoms with Crippen LogP contribution >= 0.6 is 11.3 Å². The van der Waals surface area contributed by atoms with Gasteiger partial charge in [0.25, 0.3) is 5.91 Å². The Morgan fingerprint density at radius 2 is 1.96 bits per heavy atom. The number of nitrogens with zero attached hydrogens (tertiary/aromatic N) is 1. The molecule has 3 N–H and O–H groups in total. The van der Waals surface area contributed by atoms with Gasteiger partial charge in [0.2, 0.25) is 0 Å². The van der Waals surface area contributed by atoms with Gasteiger partial charge in [0.05, 0.1) is 6.04 Å². The summed E-state index contributed by atoms with van der Waals surface area (Å²) in [5.74, 6) is -0.174. The van der Waals surface area contributed by atoms with Crippen LogP contribution in [0, 0.1) is 6.92 Å². The number of carbonyl (C=O) groups excluding carboxylic acids is 2. The van der Waals surface area contributed by atoms with Crippen LogP contribution in [0.3, 0.4) is 0 Å². The van der Waals surface area contributed by atoms with Crippen molar-refractivity contribution in [1.29, 1.82) is 0 Å². The van der Waals surface area contributed by atoms with E-state index in [4.69, 9.17) is 0 Å². The molecule has 0 spiro atoms. The first-order valence-electron chi connectivity index (χ1n) is 8.00. The van der Waals surface area contributed by atoms with E-state index in [0.29, 0.717) is 17.8 Å². The number of anilines is 1. The Kier molecular flexibility index (Phi) is 6.55. The zero-order valence-electron chi connectivity index (χ0n) is 14.9. The molecule has 134 valence electrons. The van der Waals surface area contributed by atoms with E-state index in [1.54, 1.807) is 36.6 Å². The number of hydrogen-bond donors (Lipinski definition) is 3. The third-order valence-electron chi connectivity index (χ3n) is 4.00. The predicted molar refractivity (Wildman–Crippen MR) is 102 cm³/mol. The van der Waals surface area contributed by atoms with Crippen LogP contribution in [0.15, 0.2) is 35.7 Å². The van der Waals surface area contributed by atoms with Crippen molar-refractivity contribution in [3.8, 4) is 0 Å². The summed E-state index contributed by atoms with van der Waals surface area (Å²) in [4.78, 5) is 27.4. The molecule has 0 aliphatic heterocycles. The molecule has 1 aromatic carbocycles. The molecule has 7 heteroatoms. The monoisotopic (exact) mass is 360 g/mol. The SMILES string of the molecule is CNC(=O)c1cccc(NC(=O)NCC(c2cccs2)N(C)C)c1C. The number of likely N-dealkylation sites (N-methyl/N-ethyl adjacent to an activating group) is 1. The van der Waals surface area contributed by atoms with Crippen molar-refractivity contribution in [2.75, 3.05) is 33.0 Å². The zero-order valence-corrected chi connectivity index (χ0v) is 15.7. The summed E-state index contributed by atoms with van der Waals surface area (Å²) in [6.07, 6.45) is 0. The molecule has 0 aliphatic rings. The van der Waals surface area contributed by atoms with E-state index in [-0.39, 0.29) is 18.0 Å². The van der Waals surface area contributed by atoms with Crippen molar-refractivity contribution >= 4 is 29.0 Å². The molecule has 1 atom stereocenters. The number of rotatable bonds is 6. The second-order valence-corrected chi connectivity index (χ2v) is 6.87. The minimum Gasteiger partial charge on any atom is -0.355 e. The van der Waals surface area contributed by atoms with Crippen LogP contribution < -0.4 is 16.0 Å². The normalized spacial score (nSPS) is 11.9. The molecule has 6 nitrogen and oxygen atoms in total. The molecule has 0 fully saturated rings. The minimum absolute atomic E-state index is 0.115. The molecule has 3 amide bonds. The van der Waals surface area contributed by atoms with E-state index in [9.17, 15) is 9.59 Å². The largest absolute Gasteiger partial charge is 0.355 e. The van der Waals surface area contributed by atoms with Crippen LogP contribution in [0.1, 0.15) is 26.8 Å². The van der Waals surface area contributed by atoms with Crippen LogP contribution in [0.25, 0.3) is 0 Å². The van der Waals surface area contributed by atoms with Gasteiger partial charge in [-0.3, -0.25) is 4.79 Å². The van der Waals surface area contributed by atoms with Gasteiger partial charge in [-0.25, -0.2) is 4.79 Å². The van der Waals surface area contributed by atoms with E-state index in [2.05, 4.69) is 26.9 Å². The van der Waals surface area contributed by atoms with Crippen LogP contribution in [0.2, 0.25) is 0 Å². The average Bonchev–Trinajstić information content (AvgIpc) is 3.10. The van der Waals surface area contributed by atoms with Crippen molar-refractivity contribution in [1.82, 2.24) is 15.5 Å². The highest BCUT2D eigenvalue weighted by Crippen LogP contribution is 2.22. The van der Waals surface area contributed by atoms with Gasteiger partial charge in [0.15, 0.2) is 0 Å². The molecule has 25 heavy (non-hydrogen) atoms. The Labute approximate surface area is 152 Å². The predicted octanol–water partition coefficient (Wildman–Crippen LogP) is 2.84. The lowest BCUT2D eigenvalue weighted by Gasteiger charge is -2.23. The average molecular weight is 360 g/mol. The fourth-order valence-corrected chi connectivity index (χ4v) is 3.45. The lowest BCUT2D eigenvalue weighted by atomic mass is 10.1. The third-order valence-corrected chi connectivity index (χ3v) is 4.98. The van der Waals surface area contributed by atoms with Crippen molar-refractivity contribution in [3.63, 3.8) is 0 Å². The summed E-state index contributed by atoms with van der Waals surface area (Å²) in [5.41, 5.74) is 1.90. The van der Waals surface area contributed by atoms with Crippen LogP contribution in [0.5, 0.6) is 0 Å². The van der Waals surface area contributed by atoms with Crippen molar-refractivity contribution in [3.05, 3.63) is 51.7 Å². The van der Waals surface area contributed by atoms with Gasteiger partial charge >= 0.3 is 6.03 Å². The summed E-state index contributed by atoms with van der Waals surface area (Å²) < 4.78 is 0. The molecule has 0 saturated heterocycles. The van der Waals surface area contributed by atoms with Crippen LogP contribution in [-0.2, 0) is 0 Å². The molecular formula is C18H24N4O2S. The molecule has 1 heterocycles. The number of thiophene rings is 1. The molecular weight excluding hydrogens is 336 g/mol. The second kappa shape index (κ2) is 8.64. The Hall–Kier alpha value is -2.38. The van der Waals surface area contributed by atoms with Crippen molar-refractivity contribution in [2.24, 2.45) is 0 Å². The highest BCUT2D eigenvalue weighted by Gasteiger charge is 2.17. The first-order chi connectivity index (χ1) is 11.9. The standard InChI is InChI=1S/C18H24N4O2S/c1-12-13(17(23)19-2)7-5-8-14(12)21-18(24)20-11-15(22(3)4)16-9-6-10-25-16/h5-10,15H,11H2,1-4H3,(H,19,23)(H2,20,21,24). The molecule has 0 aliphatic carbocycles. The number of amides is 3. The zero-order chi connectivity index (χ0) is 18.4. The summed E-state index contributed by atoms with van der Waals surface area (Å²) in [7, 11) is 5.56. The first kappa shape index (κ1) is 19.0. The van der Waals surface area contributed by atoms with Gasteiger partial charge in [-0.05, 0) is 50.2 Å². The summed E-state index contributed by atoms with van der Waals surface area (Å²) in [5, 5.41) is 10.4. The van der Waals surface area contributed by atoms with Crippen LogP contribution in [0.4, 0.5) is 10.5 Å². The third kappa shape index (κ3) is 4.80. The second-order valence-electron chi connectivity index (χ2n) is 5.89. The highest BCUT2D eigenvalue weighted by molar-refractivity contribution is 7.10. The Bertz CT molecular complexity index is 729. The maximum atomic E-state index is 12.3. The van der Waals surface area contributed by atoms with Gasteiger partial charge in [0.1, 0.15) is 0 Å². The molecule has 2 rings (SSSR count). The number of benzene rings is 1. The number of nitrogens with one attached hydrogen (secondary N) is 3. The smallest absolute Gasteiger partial charge is 0.319 e. The lowest BCUT2D eigenvalue weighted by Crippen LogP contribution is -2.36. The molecule has 0 radical (unpaired) electrons. The minimum atomic E-state index is -0.291. The number of carbonyl (C=O) groups is 2. The summed E-state index contributed by atoms with van der Waals surface area (Å²) in [6.45, 7) is 2.31. The maximum absolute atomic E-state index is 12.3. The van der Waals surface area contributed by atoms with E-state index in [1.165, 1.54) is 4.88 Å². The van der Waals surface area contributed by atoms with Gasteiger partial charge in [-0.1, -0.05) is 12.1 Å². The number of urea groups is 1. The Balaban J connectivity index is 2.02. The van der Waals surface area contributed by atoms with Gasteiger partial charge in [-0.15, -0.1) is 11.3 Å². The maximum Gasteiger partial charge on any atom is 0.319 e. The Morgan fingerprint density at radius 1 is 1.20 bits per heavy atom. The van der Waals surface area contributed by atoms with E-state index in [1.807, 2.05) is 32.5 Å². The van der Waals surface area contributed by atoms with Crippen LogP contribution in [-0.4, -0.2) is 44.5 Å². The fraction of sp³-hybridized carbons (Fsp3) is 0.333. The highest BCUT2D eigenvalue weighted by atomic mass is 32.1. The van der Waals surface area contributed by atoms with E-state index >= 15 is 0 Å². The van der Waals surface area contributed by atoms with Crippen molar-refractivity contribution in [2.45, 2.75) is 13.0 Å². The molecule has 0 saturated carbocycles. The first-order valence-corrected chi connectivity index (χ1v) is 8.88. The molecule has 1 aromatic heterocycles. The summed E-state index contributed by atoms with van der Waals surface area (Å²) >= 11 is 1.67. The van der Waals surface area contributed by atoms with E-state index < -0.39 is 0 Å². The fourth-order valence-electron chi connectivity index (χ4n) is 2.53. The lowest BCUT2D eigenvalue weighted by molar-refractivity contribution is 0.0962.